The van der Waals surface area contributed by atoms with E-state index in [0.717, 1.165) is 10.7 Å². The van der Waals surface area contributed by atoms with Crippen LogP contribution in [0.3, 0.4) is 0 Å². The summed E-state index contributed by atoms with van der Waals surface area (Å²) in [5, 5.41) is 4.06. The Morgan fingerprint density at radius 2 is 1.87 bits per heavy atom. The van der Waals surface area contributed by atoms with Gasteiger partial charge in [0.15, 0.2) is 0 Å². The SMILES string of the molecule is COc1ccc(Oc2nn(-c3cc(Cl)ccc3F)c(=O)o2)cc1. The third-order valence-corrected chi connectivity index (χ3v) is 3.17. The van der Waals surface area contributed by atoms with Gasteiger partial charge in [0.2, 0.25) is 0 Å². The second kappa shape index (κ2) is 6.13. The van der Waals surface area contributed by atoms with Gasteiger partial charge in [-0.1, -0.05) is 16.7 Å². The van der Waals surface area contributed by atoms with Gasteiger partial charge in [0.25, 0.3) is 0 Å². The van der Waals surface area contributed by atoms with E-state index in [-0.39, 0.29) is 16.8 Å². The topological polar surface area (TPSA) is 66.5 Å². The van der Waals surface area contributed by atoms with Gasteiger partial charge in [0.05, 0.1) is 7.11 Å². The molecule has 23 heavy (non-hydrogen) atoms. The van der Waals surface area contributed by atoms with Crippen molar-refractivity contribution in [3.8, 4) is 23.3 Å². The van der Waals surface area contributed by atoms with Gasteiger partial charge in [0, 0.05) is 5.02 Å². The molecule has 118 valence electrons. The van der Waals surface area contributed by atoms with Crippen LogP contribution >= 0.6 is 11.6 Å². The molecule has 0 N–H and O–H groups in total. The quantitative estimate of drug-likeness (QED) is 0.730. The van der Waals surface area contributed by atoms with E-state index in [0.29, 0.717) is 11.5 Å². The Bertz CT molecular complexity index is 889. The summed E-state index contributed by atoms with van der Waals surface area (Å²) < 4.78 is 29.7. The third-order valence-electron chi connectivity index (χ3n) is 2.93. The molecule has 8 heteroatoms. The van der Waals surface area contributed by atoms with Crippen molar-refractivity contribution in [1.29, 1.82) is 0 Å². The molecular weight excluding hydrogens is 327 g/mol. The van der Waals surface area contributed by atoms with E-state index in [1.807, 2.05) is 0 Å². The first kappa shape index (κ1) is 15.1. The summed E-state index contributed by atoms with van der Waals surface area (Å²) in [6.07, 6.45) is -0.320. The molecule has 0 amide bonds. The van der Waals surface area contributed by atoms with Crippen molar-refractivity contribution < 1.29 is 18.3 Å². The van der Waals surface area contributed by atoms with Gasteiger partial charge in [0.1, 0.15) is 23.0 Å². The molecule has 3 rings (SSSR count). The Morgan fingerprint density at radius 1 is 1.17 bits per heavy atom. The standard InChI is InChI=1S/C15H10ClFN2O4/c1-21-10-3-5-11(6-4-10)22-14-18-19(15(20)23-14)13-8-9(16)2-7-12(13)17/h2-8H,1H3. The van der Waals surface area contributed by atoms with Gasteiger partial charge in [-0.3, -0.25) is 0 Å². The normalized spacial score (nSPS) is 10.6. The summed E-state index contributed by atoms with van der Waals surface area (Å²) in [7, 11) is 1.54. The zero-order valence-corrected chi connectivity index (χ0v) is 12.6. The minimum Gasteiger partial charge on any atom is -0.497 e. The molecule has 0 aliphatic rings. The minimum atomic E-state index is -0.894. The largest absolute Gasteiger partial charge is 0.497 e. The van der Waals surface area contributed by atoms with Crippen molar-refractivity contribution in [2.45, 2.75) is 0 Å². The highest BCUT2D eigenvalue weighted by molar-refractivity contribution is 6.30. The molecule has 0 bridgehead atoms. The molecule has 3 aromatic rings. The molecule has 2 aromatic carbocycles. The van der Waals surface area contributed by atoms with E-state index in [9.17, 15) is 9.18 Å². The van der Waals surface area contributed by atoms with Crippen LogP contribution in [0.5, 0.6) is 17.6 Å². The van der Waals surface area contributed by atoms with E-state index in [1.54, 1.807) is 24.3 Å². The van der Waals surface area contributed by atoms with Crippen molar-refractivity contribution in [3.63, 3.8) is 0 Å². The highest BCUT2D eigenvalue weighted by Gasteiger charge is 2.15. The second-order valence-corrected chi connectivity index (χ2v) is 4.86. The van der Waals surface area contributed by atoms with Crippen molar-refractivity contribution in [2.24, 2.45) is 0 Å². The molecule has 1 heterocycles. The lowest BCUT2D eigenvalue weighted by atomic mass is 10.3. The maximum Gasteiger partial charge on any atom is 0.444 e. The Labute approximate surface area is 134 Å². The molecular formula is C15H10ClFN2O4. The molecule has 0 saturated carbocycles. The first-order chi connectivity index (χ1) is 11.1. The number of ether oxygens (including phenoxy) is 2. The number of halogens is 2. The van der Waals surface area contributed by atoms with Crippen molar-refractivity contribution in [1.82, 2.24) is 9.78 Å². The first-order valence-corrected chi connectivity index (χ1v) is 6.82. The van der Waals surface area contributed by atoms with Crippen LogP contribution in [0.25, 0.3) is 5.69 Å². The first-order valence-electron chi connectivity index (χ1n) is 6.44. The van der Waals surface area contributed by atoms with Crippen LogP contribution in [0.4, 0.5) is 4.39 Å². The van der Waals surface area contributed by atoms with Crippen molar-refractivity contribution in [2.75, 3.05) is 7.11 Å². The van der Waals surface area contributed by atoms with E-state index in [4.69, 9.17) is 25.5 Å². The zero-order valence-electron chi connectivity index (χ0n) is 11.8. The van der Waals surface area contributed by atoms with Gasteiger partial charge in [-0.15, -0.1) is 0 Å². The van der Waals surface area contributed by atoms with Gasteiger partial charge < -0.3 is 13.9 Å². The Morgan fingerprint density at radius 3 is 2.57 bits per heavy atom. The molecule has 0 spiro atoms. The lowest BCUT2D eigenvalue weighted by Gasteiger charge is -2.02. The Balaban J connectivity index is 1.91. The van der Waals surface area contributed by atoms with Gasteiger partial charge in [-0.05, 0) is 42.5 Å². The average Bonchev–Trinajstić information content (AvgIpc) is 2.91. The lowest BCUT2D eigenvalue weighted by Crippen LogP contribution is -2.14. The summed E-state index contributed by atoms with van der Waals surface area (Å²) >= 11 is 5.80. The Kier molecular flexibility index (Phi) is 4.03. The summed E-state index contributed by atoms with van der Waals surface area (Å²) in [5.41, 5.74) is -0.129. The van der Waals surface area contributed by atoms with E-state index in [2.05, 4.69) is 5.10 Å². The molecule has 0 radical (unpaired) electrons. The number of rotatable bonds is 4. The average molecular weight is 337 g/mol. The molecule has 6 nitrogen and oxygen atoms in total. The number of hydrogen-bond donors (Lipinski definition) is 0. The molecule has 0 unspecified atom stereocenters. The molecule has 0 saturated heterocycles. The van der Waals surface area contributed by atoms with Gasteiger partial charge >= 0.3 is 11.8 Å². The van der Waals surface area contributed by atoms with Gasteiger partial charge in [-0.25, -0.2) is 9.18 Å². The van der Waals surface area contributed by atoms with E-state index in [1.165, 1.54) is 19.2 Å². The molecule has 0 fully saturated rings. The third kappa shape index (κ3) is 3.19. The number of nitrogens with zero attached hydrogens (tertiary/aromatic N) is 2. The van der Waals surface area contributed by atoms with Gasteiger partial charge in [-0.2, -0.15) is 4.68 Å². The summed E-state index contributed by atoms with van der Waals surface area (Å²) in [6.45, 7) is 0. The summed E-state index contributed by atoms with van der Waals surface area (Å²) in [4.78, 5) is 11.8. The molecule has 0 atom stereocenters. The van der Waals surface area contributed by atoms with Crippen LogP contribution in [0.15, 0.2) is 51.7 Å². The van der Waals surface area contributed by atoms with Crippen LogP contribution in [-0.2, 0) is 0 Å². The van der Waals surface area contributed by atoms with Crippen LogP contribution in [0.2, 0.25) is 5.02 Å². The maximum atomic E-state index is 13.8. The van der Waals surface area contributed by atoms with Crippen molar-refractivity contribution >= 4 is 11.6 Å². The smallest absolute Gasteiger partial charge is 0.444 e. The fraction of sp³-hybridized carbons (Fsp3) is 0.0667. The van der Waals surface area contributed by atoms with Crippen LogP contribution in [0, 0.1) is 5.82 Å². The summed E-state index contributed by atoms with van der Waals surface area (Å²) in [5.74, 6) is -0.536. The minimum absolute atomic E-state index is 0.129. The van der Waals surface area contributed by atoms with E-state index >= 15 is 0 Å². The number of aromatic nitrogens is 2. The summed E-state index contributed by atoms with van der Waals surface area (Å²) in [6, 6.07) is 10.3. The fourth-order valence-electron chi connectivity index (χ4n) is 1.85. The molecule has 0 aliphatic heterocycles. The molecule has 0 aliphatic carbocycles. The van der Waals surface area contributed by atoms with Crippen LogP contribution in [-0.4, -0.2) is 16.9 Å². The van der Waals surface area contributed by atoms with Crippen molar-refractivity contribution in [3.05, 3.63) is 63.9 Å². The lowest BCUT2D eigenvalue weighted by molar-refractivity contribution is 0.319. The highest BCUT2D eigenvalue weighted by atomic mass is 35.5. The van der Waals surface area contributed by atoms with Crippen LogP contribution < -0.4 is 15.2 Å². The zero-order chi connectivity index (χ0) is 16.4. The Hall–Kier alpha value is -2.80. The number of methoxy groups -OCH3 is 1. The fourth-order valence-corrected chi connectivity index (χ4v) is 2.01. The molecule has 1 aromatic heterocycles. The maximum absolute atomic E-state index is 13.8. The monoisotopic (exact) mass is 336 g/mol. The highest BCUT2D eigenvalue weighted by Crippen LogP contribution is 2.23. The predicted octanol–water partition coefficient (Wildman–Crippen LogP) is 3.42. The van der Waals surface area contributed by atoms with Crippen LogP contribution in [0.1, 0.15) is 0 Å². The van der Waals surface area contributed by atoms with E-state index < -0.39 is 11.6 Å². The number of benzene rings is 2. The predicted molar refractivity (Wildman–Crippen MR) is 80.1 cm³/mol. The second-order valence-electron chi connectivity index (χ2n) is 4.42. The number of hydrogen-bond acceptors (Lipinski definition) is 5.